The normalized spacial score (nSPS) is 25.3. The van der Waals surface area contributed by atoms with Gasteiger partial charge in [0.15, 0.2) is 0 Å². The van der Waals surface area contributed by atoms with Gasteiger partial charge >= 0.3 is 5.97 Å². The average molecular weight is 174 g/mol. The molecule has 0 bridgehead atoms. The molecule has 2 atom stereocenters. The van der Waals surface area contributed by atoms with Gasteiger partial charge in [-0.25, -0.2) is 0 Å². The van der Waals surface area contributed by atoms with Crippen LogP contribution in [0.3, 0.4) is 0 Å². The Labute approximate surface area is 71.5 Å². The van der Waals surface area contributed by atoms with Crippen molar-refractivity contribution in [3.63, 3.8) is 0 Å². The molecule has 0 aliphatic carbocycles. The number of rotatable bonds is 3. The van der Waals surface area contributed by atoms with E-state index in [0.717, 1.165) is 12.8 Å². The van der Waals surface area contributed by atoms with Gasteiger partial charge in [0.2, 0.25) is 0 Å². The summed E-state index contributed by atoms with van der Waals surface area (Å²) in [5, 5.41) is 9.42. The summed E-state index contributed by atoms with van der Waals surface area (Å²) in [6.45, 7) is 0.683. The quantitative estimate of drug-likeness (QED) is 0.616. The van der Waals surface area contributed by atoms with Gasteiger partial charge in [0, 0.05) is 6.61 Å². The van der Waals surface area contributed by atoms with Gasteiger partial charge in [-0.3, -0.25) is 4.79 Å². The Morgan fingerprint density at radius 2 is 2.58 bits per heavy atom. The average Bonchev–Trinajstić information content (AvgIpc) is 2.56. The molecule has 0 radical (unpaired) electrons. The first kappa shape index (κ1) is 9.48. The molecule has 1 saturated heterocycles. The zero-order chi connectivity index (χ0) is 8.97. The highest BCUT2D eigenvalue weighted by Crippen LogP contribution is 2.17. The summed E-state index contributed by atoms with van der Waals surface area (Å²) in [6.07, 6.45) is 0.937. The molecule has 0 aromatic carbocycles. The van der Waals surface area contributed by atoms with Gasteiger partial charge in [-0.1, -0.05) is 0 Å². The minimum absolute atomic E-state index is 0.0289. The summed E-state index contributed by atoms with van der Waals surface area (Å²) in [5.41, 5.74) is 0. The molecular formula is C8H14O4. The molecule has 0 amide bonds. The second kappa shape index (κ2) is 4.42. The van der Waals surface area contributed by atoms with E-state index in [-0.39, 0.29) is 12.5 Å². The Morgan fingerprint density at radius 3 is 3.08 bits per heavy atom. The monoisotopic (exact) mass is 174 g/mol. The minimum atomic E-state index is -0.708. The Kier molecular flexibility index (Phi) is 3.49. The molecule has 1 fully saturated rings. The predicted octanol–water partition coefficient (Wildman–Crippen LogP) is 0.0894. The third-order valence-corrected chi connectivity index (χ3v) is 2.00. The van der Waals surface area contributed by atoms with Crippen molar-refractivity contribution in [2.45, 2.75) is 31.5 Å². The Bertz CT molecular complexity index is 151. The summed E-state index contributed by atoms with van der Waals surface area (Å²) < 4.78 is 9.63. The molecule has 4 heteroatoms. The Hall–Kier alpha value is -0.610. The third kappa shape index (κ3) is 2.46. The summed E-state index contributed by atoms with van der Waals surface area (Å²) in [6, 6.07) is 0. The molecule has 0 spiro atoms. The number of methoxy groups -OCH3 is 1. The van der Waals surface area contributed by atoms with Crippen LogP contribution in [0.1, 0.15) is 19.3 Å². The maximum atomic E-state index is 10.7. The smallest absolute Gasteiger partial charge is 0.308 e. The van der Waals surface area contributed by atoms with Crippen molar-refractivity contribution in [3.05, 3.63) is 0 Å². The summed E-state index contributed by atoms with van der Waals surface area (Å²) >= 11 is 0. The molecule has 12 heavy (non-hydrogen) atoms. The zero-order valence-electron chi connectivity index (χ0n) is 7.16. The van der Waals surface area contributed by atoms with Crippen molar-refractivity contribution in [1.82, 2.24) is 0 Å². The second-order valence-electron chi connectivity index (χ2n) is 2.90. The van der Waals surface area contributed by atoms with Gasteiger partial charge in [-0.15, -0.1) is 0 Å². The van der Waals surface area contributed by atoms with E-state index in [1.54, 1.807) is 0 Å². The lowest BCUT2D eigenvalue weighted by molar-refractivity contribution is -0.144. The van der Waals surface area contributed by atoms with Crippen molar-refractivity contribution in [3.8, 4) is 0 Å². The first-order chi connectivity index (χ1) is 5.74. The Morgan fingerprint density at radius 1 is 1.83 bits per heavy atom. The Balaban J connectivity index is 2.26. The predicted molar refractivity (Wildman–Crippen MR) is 41.6 cm³/mol. The van der Waals surface area contributed by atoms with Crippen LogP contribution in [-0.2, 0) is 14.3 Å². The van der Waals surface area contributed by atoms with Crippen molar-refractivity contribution < 1.29 is 19.4 Å². The van der Waals surface area contributed by atoms with Gasteiger partial charge in [-0.2, -0.15) is 0 Å². The van der Waals surface area contributed by atoms with E-state index in [0.29, 0.717) is 6.61 Å². The second-order valence-corrected chi connectivity index (χ2v) is 2.90. The molecule has 4 nitrogen and oxygen atoms in total. The van der Waals surface area contributed by atoms with Crippen LogP contribution in [0.15, 0.2) is 0 Å². The van der Waals surface area contributed by atoms with E-state index in [1.165, 1.54) is 7.11 Å². The van der Waals surface area contributed by atoms with Crippen LogP contribution in [0.25, 0.3) is 0 Å². The van der Waals surface area contributed by atoms with Gasteiger partial charge in [-0.05, 0) is 12.8 Å². The lowest BCUT2D eigenvalue weighted by atomic mass is 10.1. The van der Waals surface area contributed by atoms with Crippen molar-refractivity contribution in [2.24, 2.45) is 0 Å². The van der Waals surface area contributed by atoms with E-state index in [2.05, 4.69) is 4.74 Å². The largest absolute Gasteiger partial charge is 0.469 e. The van der Waals surface area contributed by atoms with E-state index in [4.69, 9.17) is 4.74 Å². The molecule has 1 aliphatic heterocycles. The van der Waals surface area contributed by atoms with Crippen LogP contribution in [0.5, 0.6) is 0 Å². The lowest BCUT2D eigenvalue weighted by Gasteiger charge is -2.15. The van der Waals surface area contributed by atoms with Gasteiger partial charge < -0.3 is 14.6 Å². The van der Waals surface area contributed by atoms with E-state index in [1.807, 2.05) is 0 Å². The van der Waals surface area contributed by atoms with Crippen LogP contribution in [0.4, 0.5) is 0 Å². The highest BCUT2D eigenvalue weighted by atomic mass is 16.5. The molecule has 1 rings (SSSR count). The topological polar surface area (TPSA) is 55.8 Å². The van der Waals surface area contributed by atoms with Crippen LogP contribution in [0, 0.1) is 0 Å². The molecule has 1 heterocycles. The fraction of sp³-hybridized carbons (Fsp3) is 0.875. The summed E-state index contributed by atoms with van der Waals surface area (Å²) in [5.74, 6) is -0.391. The highest BCUT2D eigenvalue weighted by molar-refractivity contribution is 5.69. The summed E-state index contributed by atoms with van der Waals surface area (Å²) in [7, 11) is 1.31. The van der Waals surface area contributed by atoms with Crippen LogP contribution >= 0.6 is 0 Å². The minimum Gasteiger partial charge on any atom is -0.469 e. The van der Waals surface area contributed by atoms with Gasteiger partial charge in [0.05, 0.1) is 25.7 Å². The first-order valence-electron chi connectivity index (χ1n) is 4.10. The number of carbonyl (C=O) groups is 1. The van der Waals surface area contributed by atoms with Crippen LogP contribution in [0.2, 0.25) is 0 Å². The molecule has 0 aromatic rings. The molecule has 1 aliphatic rings. The number of aliphatic hydroxyl groups excluding tert-OH is 1. The van der Waals surface area contributed by atoms with E-state index in [9.17, 15) is 9.90 Å². The fourth-order valence-electron chi connectivity index (χ4n) is 1.29. The summed E-state index contributed by atoms with van der Waals surface area (Å²) in [4.78, 5) is 10.7. The number of carbonyl (C=O) groups excluding carboxylic acids is 1. The number of aliphatic hydroxyl groups is 1. The van der Waals surface area contributed by atoms with Crippen molar-refractivity contribution >= 4 is 5.97 Å². The number of hydrogen-bond acceptors (Lipinski definition) is 4. The first-order valence-corrected chi connectivity index (χ1v) is 4.10. The van der Waals surface area contributed by atoms with E-state index < -0.39 is 12.1 Å². The van der Waals surface area contributed by atoms with E-state index >= 15 is 0 Å². The molecular weight excluding hydrogens is 160 g/mol. The molecule has 0 aromatic heterocycles. The number of ether oxygens (including phenoxy) is 2. The number of esters is 1. The highest BCUT2D eigenvalue weighted by Gasteiger charge is 2.26. The maximum absolute atomic E-state index is 10.7. The number of hydrogen-bond donors (Lipinski definition) is 1. The maximum Gasteiger partial charge on any atom is 0.308 e. The zero-order valence-corrected chi connectivity index (χ0v) is 7.16. The van der Waals surface area contributed by atoms with Crippen LogP contribution in [-0.4, -0.2) is 37.0 Å². The molecule has 2 unspecified atom stereocenters. The van der Waals surface area contributed by atoms with Gasteiger partial charge in [0.1, 0.15) is 0 Å². The fourth-order valence-corrected chi connectivity index (χ4v) is 1.29. The standard InChI is InChI=1S/C8H14O4/c1-11-8(10)5-6(9)7-3-2-4-12-7/h6-7,9H,2-5H2,1H3. The molecule has 70 valence electrons. The molecule has 1 N–H and O–H groups in total. The van der Waals surface area contributed by atoms with Crippen molar-refractivity contribution in [2.75, 3.05) is 13.7 Å². The van der Waals surface area contributed by atoms with Crippen molar-refractivity contribution in [1.29, 1.82) is 0 Å². The SMILES string of the molecule is COC(=O)CC(O)C1CCCO1. The third-order valence-electron chi connectivity index (χ3n) is 2.00. The van der Waals surface area contributed by atoms with Crippen LogP contribution < -0.4 is 0 Å². The molecule has 0 saturated carbocycles. The lowest BCUT2D eigenvalue weighted by Crippen LogP contribution is -2.28. The van der Waals surface area contributed by atoms with Gasteiger partial charge in [0.25, 0.3) is 0 Å².